The zero-order valence-electron chi connectivity index (χ0n) is 11.4. The molecule has 1 amide bonds. The lowest BCUT2D eigenvalue weighted by Gasteiger charge is -2.31. The average Bonchev–Trinajstić information content (AvgIpc) is 2.87. The van der Waals surface area contributed by atoms with Crippen LogP contribution >= 0.6 is 0 Å². The Morgan fingerprint density at radius 1 is 1.24 bits per heavy atom. The molecule has 0 N–H and O–H groups in total. The summed E-state index contributed by atoms with van der Waals surface area (Å²) in [6.07, 6.45) is 3.23. The standard InChI is InChI=1S/C13H24N2O2/c1-13(2,3)17-12(16)15(10-5-6-10)11-7-8-14(4)9-11/h10-11H,5-9H2,1-4H3. The number of hydrogen-bond donors (Lipinski definition) is 0. The molecular weight excluding hydrogens is 216 g/mol. The fraction of sp³-hybridized carbons (Fsp3) is 0.923. The van der Waals surface area contributed by atoms with Crippen molar-refractivity contribution in [3.8, 4) is 0 Å². The molecule has 2 aliphatic rings. The van der Waals surface area contributed by atoms with E-state index in [1.807, 2.05) is 25.7 Å². The topological polar surface area (TPSA) is 32.8 Å². The molecule has 2 fully saturated rings. The number of ether oxygens (including phenoxy) is 1. The molecule has 4 heteroatoms. The van der Waals surface area contributed by atoms with Crippen molar-refractivity contribution < 1.29 is 9.53 Å². The van der Waals surface area contributed by atoms with Crippen LogP contribution in [0.15, 0.2) is 0 Å². The van der Waals surface area contributed by atoms with Gasteiger partial charge in [0.15, 0.2) is 0 Å². The molecule has 0 aromatic carbocycles. The Balaban J connectivity index is 1.99. The zero-order valence-corrected chi connectivity index (χ0v) is 11.4. The average molecular weight is 240 g/mol. The van der Waals surface area contributed by atoms with Crippen LogP contribution < -0.4 is 0 Å². The van der Waals surface area contributed by atoms with E-state index in [0.717, 1.165) is 32.4 Å². The Labute approximate surface area is 104 Å². The lowest BCUT2D eigenvalue weighted by molar-refractivity contribution is 0.0149. The minimum atomic E-state index is -0.394. The number of carbonyl (C=O) groups is 1. The van der Waals surface area contributed by atoms with Crippen LogP contribution in [-0.2, 0) is 4.74 Å². The molecule has 1 saturated heterocycles. The largest absolute Gasteiger partial charge is 0.444 e. The third-order valence-electron chi connectivity index (χ3n) is 3.30. The number of likely N-dealkylation sites (tertiary alicyclic amines) is 1. The summed E-state index contributed by atoms with van der Waals surface area (Å²) in [7, 11) is 2.11. The number of amides is 1. The smallest absolute Gasteiger partial charge is 0.410 e. The van der Waals surface area contributed by atoms with Crippen molar-refractivity contribution >= 4 is 6.09 Å². The summed E-state index contributed by atoms with van der Waals surface area (Å²) in [5, 5.41) is 0. The summed E-state index contributed by atoms with van der Waals surface area (Å²) in [5.74, 6) is 0. The highest BCUT2D eigenvalue weighted by atomic mass is 16.6. The van der Waals surface area contributed by atoms with Gasteiger partial charge in [0.05, 0.1) is 0 Å². The second-order valence-corrected chi connectivity index (χ2v) is 6.32. The van der Waals surface area contributed by atoms with Gasteiger partial charge in [0, 0.05) is 18.6 Å². The van der Waals surface area contributed by atoms with Gasteiger partial charge in [0.25, 0.3) is 0 Å². The van der Waals surface area contributed by atoms with Gasteiger partial charge in [-0.1, -0.05) is 0 Å². The SMILES string of the molecule is CN1CCC(N(C(=O)OC(C)(C)C)C2CC2)C1. The van der Waals surface area contributed by atoms with Gasteiger partial charge in [-0.2, -0.15) is 0 Å². The van der Waals surface area contributed by atoms with Crippen LogP contribution in [0.3, 0.4) is 0 Å². The quantitative estimate of drug-likeness (QED) is 0.741. The highest BCUT2D eigenvalue weighted by molar-refractivity contribution is 5.69. The van der Waals surface area contributed by atoms with Crippen LogP contribution in [0.25, 0.3) is 0 Å². The highest BCUT2D eigenvalue weighted by Gasteiger charge is 2.41. The van der Waals surface area contributed by atoms with E-state index in [-0.39, 0.29) is 6.09 Å². The first kappa shape index (κ1) is 12.7. The Kier molecular flexibility index (Phi) is 3.34. The van der Waals surface area contributed by atoms with E-state index in [4.69, 9.17) is 4.74 Å². The summed E-state index contributed by atoms with van der Waals surface area (Å²) >= 11 is 0. The molecule has 1 atom stereocenters. The Bertz CT molecular complexity index is 294. The molecule has 2 rings (SSSR count). The van der Waals surface area contributed by atoms with Crippen molar-refractivity contribution in [3.63, 3.8) is 0 Å². The van der Waals surface area contributed by atoms with Gasteiger partial charge in [-0.05, 0) is 53.6 Å². The summed E-state index contributed by atoms with van der Waals surface area (Å²) in [6, 6.07) is 0.781. The minimum Gasteiger partial charge on any atom is -0.444 e. The van der Waals surface area contributed by atoms with E-state index >= 15 is 0 Å². The first-order chi connectivity index (χ1) is 7.87. The molecule has 1 heterocycles. The molecule has 4 nitrogen and oxygen atoms in total. The second kappa shape index (κ2) is 4.48. The Morgan fingerprint density at radius 2 is 1.88 bits per heavy atom. The molecule has 0 spiro atoms. The van der Waals surface area contributed by atoms with E-state index in [2.05, 4.69) is 11.9 Å². The van der Waals surface area contributed by atoms with E-state index in [1.165, 1.54) is 0 Å². The fourth-order valence-corrected chi connectivity index (χ4v) is 2.40. The van der Waals surface area contributed by atoms with Crippen molar-refractivity contribution in [1.29, 1.82) is 0 Å². The fourth-order valence-electron chi connectivity index (χ4n) is 2.40. The normalized spacial score (nSPS) is 26.0. The van der Waals surface area contributed by atoms with Gasteiger partial charge >= 0.3 is 6.09 Å². The Hall–Kier alpha value is -0.770. The van der Waals surface area contributed by atoms with Crippen molar-refractivity contribution in [2.75, 3.05) is 20.1 Å². The van der Waals surface area contributed by atoms with E-state index in [9.17, 15) is 4.79 Å². The molecule has 1 aliphatic heterocycles. The molecule has 1 saturated carbocycles. The van der Waals surface area contributed by atoms with Crippen molar-refractivity contribution in [2.45, 2.75) is 57.7 Å². The molecule has 0 radical (unpaired) electrons. The van der Waals surface area contributed by atoms with Gasteiger partial charge in [-0.25, -0.2) is 4.79 Å². The maximum Gasteiger partial charge on any atom is 0.410 e. The first-order valence-electron chi connectivity index (χ1n) is 6.57. The molecular formula is C13H24N2O2. The van der Waals surface area contributed by atoms with Crippen LogP contribution in [-0.4, -0.2) is 53.7 Å². The van der Waals surface area contributed by atoms with Crippen LogP contribution in [0, 0.1) is 0 Å². The van der Waals surface area contributed by atoms with Crippen molar-refractivity contribution in [1.82, 2.24) is 9.80 Å². The molecule has 0 aromatic heterocycles. The van der Waals surface area contributed by atoms with Crippen molar-refractivity contribution in [2.24, 2.45) is 0 Å². The summed E-state index contributed by atoms with van der Waals surface area (Å²) in [5.41, 5.74) is -0.394. The maximum absolute atomic E-state index is 12.2. The summed E-state index contributed by atoms with van der Waals surface area (Å²) < 4.78 is 5.52. The number of likely N-dealkylation sites (N-methyl/N-ethyl adjacent to an activating group) is 1. The van der Waals surface area contributed by atoms with Gasteiger partial charge in [-0.3, -0.25) is 0 Å². The molecule has 1 aliphatic carbocycles. The van der Waals surface area contributed by atoms with Crippen LogP contribution in [0.1, 0.15) is 40.0 Å². The molecule has 0 aromatic rings. The predicted octanol–water partition coefficient (Wildman–Crippen LogP) is 2.09. The van der Waals surface area contributed by atoms with Crippen LogP contribution in [0.5, 0.6) is 0 Å². The third kappa shape index (κ3) is 3.35. The van der Waals surface area contributed by atoms with Gasteiger partial charge in [0.2, 0.25) is 0 Å². The van der Waals surface area contributed by atoms with E-state index < -0.39 is 5.60 Å². The third-order valence-corrected chi connectivity index (χ3v) is 3.30. The summed E-state index contributed by atoms with van der Waals surface area (Å²) in [6.45, 7) is 7.84. The zero-order chi connectivity index (χ0) is 12.6. The monoisotopic (exact) mass is 240 g/mol. The van der Waals surface area contributed by atoms with Gasteiger partial charge < -0.3 is 14.5 Å². The number of rotatable bonds is 2. The highest BCUT2D eigenvalue weighted by Crippen LogP contribution is 2.32. The van der Waals surface area contributed by atoms with Gasteiger partial charge in [-0.15, -0.1) is 0 Å². The van der Waals surface area contributed by atoms with Crippen LogP contribution in [0.2, 0.25) is 0 Å². The lowest BCUT2D eigenvalue weighted by atomic mass is 10.2. The van der Waals surface area contributed by atoms with Gasteiger partial charge in [0.1, 0.15) is 5.60 Å². The predicted molar refractivity (Wildman–Crippen MR) is 67.0 cm³/mol. The number of nitrogens with zero attached hydrogens (tertiary/aromatic N) is 2. The lowest BCUT2D eigenvalue weighted by Crippen LogP contribution is -2.45. The molecule has 0 bridgehead atoms. The first-order valence-corrected chi connectivity index (χ1v) is 6.57. The maximum atomic E-state index is 12.2. The molecule has 1 unspecified atom stereocenters. The number of hydrogen-bond acceptors (Lipinski definition) is 3. The van der Waals surface area contributed by atoms with E-state index in [0.29, 0.717) is 12.1 Å². The van der Waals surface area contributed by atoms with Crippen LogP contribution in [0.4, 0.5) is 4.79 Å². The Morgan fingerprint density at radius 3 is 2.29 bits per heavy atom. The molecule has 98 valence electrons. The number of carbonyl (C=O) groups excluding carboxylic acids is 1. The summed E-state index contributed by atoms with van der Waals surface area (Å²) in [4.78, 5) is 16.5. The van der Waals surface area contributed by atoms with E-state index in [1.54, 1.807) is 0 Å². The van der Waals surface area contributed by atoms with Crippen molar-refractivity contribution in [3.05, 3.63) is 0 Å². The minimum absolute atomic E-state index is 0.125. The molecule has 17 heavy (non-hydrogen) atoms. The second-order valence-electron chi connectivity index (χ2n) is 6.32.